The first-order valence-electron chi connectivity index (χ1n) is 11.4. The van der Waals surface area contributed by atoms with Gasteiger partial charge in [0.15, 0.2) is 0 Å². The van der Waals surface area contributed by atoms with Gasteiger partial charge in [0.2, 0.25) is 0 Å². The van der Waals surface area contributed by atoms with Crippen LogP contribution in [0.15, 0.2) is 54.6 Å². The van der Waals surface area contributed by atoms with Gasteiger partial charge < -0.3 is 4.48 Å². The first-order valence-corrected chi connectivity index (χ1v) is 11.4. The molecule has 1 heterocycles. The molecule has 4 rings (SSSR count). The normalized spacial score (nSPS) is 18.7. The van der Waals surface area contributed by atoms with Crippen molar-refractivity contribution in [2.24, 2.45) is 0 Å². The van der Waals surface area contributed by atoms with Crippen LogP contribution in [0, 0.1) is 45.3 Å². The fourth-order valence-corrected chi connectivity index (χ4v) is 5.16. The molecule has 0 spiro atoms. The van der Waals surface area contributed by atoms with E-state index in [1.165, 1.54) is 0 Å². The molecule has 0 N–H and O–H groups in total. The SMILES string of the molecule is CCCC[N+]1(C)CC=CC1c1ccc2c(=C(C#N)C#N)c3ccccc3c(=C(C#N)C#N)c2c1. The van der Waals surface area contributed by atoms with Crippen LogP contribution in [-0.2, 0) is 0 Å². The van der Waals surface area contributed by atoms with E-state index in [4.69, 9.17) is 0 Å². The van der Waals surface area contributed by atoms with Crippen molar-refractivity contribution in [1.29, 1.82) is 21.0 Å². The molecule has 0 saturated carbocycles. The summed E-state index contributed by atoms with van der Waals surface area (Å²) in [6.45, 7) is 4.20. The molecule has 0 fully saturated rings. The Balaban J connectivity index is 2.20. The summed E-state index contributed by atoms with van der Waals surface area (Å²) in [4.78, 5) is 0. The standard InChI is InChI=1S/C29H24N5/c1-3-4-13-34(2)14-7-10-27(34)20-11-12-25-26(15-20)29(22(18-32)19-33)24-9-6-5-8-23(24)28(25)21(16-30)17-31/h5-12,15,27H,3-4,13-14H2,1-2H3/q+1. The van der Waals surface area contributed by atoms with E-state index in [2.05, 4.69) is 44.3 Å². The van der Waals surface area contributed by atoms with Crippen molar-refractivity contribution in [3.8, 4) is 24.3 Å². The lowest BCUT2D eigenvalue weighted by molar-refractivity contribution is -0.922. The lowest BCUT2D eigenvalue weighted by atomic mass is 9.91. The van der Waals surface area contributed by atoms with E-state index in [0.29, 0.717) is 26.6 Å². The van der Waals surface area contributed by atoms with Crippen molar-refractivity contribution < 1.29 is 4.48 Å². The highest BCUT2D eigenvalue weighted by atomic mass is 15.4. The number of quaternary nitrogens is 1. The number of hydrogen-bond acceptors (Lipinski definition) is 4. The Morgan fingerprint density at radius 1 is 0.853 bits per heavy atom. The Kier molecular flexibility index (Phi) is 6.17. The summed E-state index contributed by atoms with van der Waals surface area (Å²) in [5.74, 6) is 0. The third-order valence-corrected chi connectivity index (χ3v) is 6.87. The maximum atomic E-state index is 9.80. The van der Waals surface area contributed by atoms with Gasteiger partial charge in [0.1, 0.15) is 41.5 Å². The fourth-order valence-electron chi connectivity index (χ4n) is 5.16. The molecule has 0 radical (unpaired) electrons. The van der Waals surface area contributed by atoms with E-state index in [1.54, 1.807) is 0 Å². The van der Waals surface area contributed by atoms with Gasteiger partial charge in [0, 0.05) is 16.0 Å². The predicted molar refractivity (Wildman–Crippen MR) is 133 cm³/mol. The van der Waals surface area contributed by atoms with Crippen LogP contribution in [0.2, 0.25) is 0 Å². The minimum atomic E-state index is 0.0142. The fraction of sp³-hybridized carbons (Fsp3) is 0.241. The van der Waals surface area contributed by atoms with Gasteiger partial charge in [-0.15, -0.1) is 0 Å². The quantitative estimate of drug-likeness (QED) is 0.343. The van der Waals surface area contributed by atoms with Gasteiger partial charge in [-0.05, 0) is 46.2 Å². The molecule has 5 nitrogen and oxygen atoms in total. The second kappa shape index (κ2) is 9.21. The highest BCUT2D eigenvalue weighted by molar-refractivity contribution is 6.05. The van der Waals surface area contributed by atoms with Crippen molar-refractivity contribution in [3.63, 3.8) is 0 Å². The van der Waals surface area contributed by atoms with Gasteiger partial charge in [-0.2, -0.15) is 21.0 Å². The molecule has 1 aliphatic heterocycles. The van der Waals surface area contributed by atoms with Gasteiger partial charge >= 0.3 is 0 Å². The highest BCUT2D eigenvalue weighted by Crippen LogP contribution is 2.34. The molecule has 0 amide bonds. The van der Waals surface area contributed by atoms with Gasteiger partial charge in [-0.1, -0.05) is 49.7 Å². The number of likely N-dealkylation sites (N-methyl/N-ethyl adjacent to an activating group) is 1. The summed E-state index contributed by atoms with van der Waals surface area (Å²) in [6.07, 6.45) is 6.71. The van der Waals surface area contributed by atoms with Crippen LogP contribution in [-0.4, -0.2) is 24.6 Å². The van der Waals surface area contributed by atoms with E-state index in [0.717, 1.165) is 41.4 Å². The zero-order chi connectivity index (χ0) is 24.3. The number of unbranched alkanes of at least 4 members (excludes halogenated alkanes) is 1. The average molecular weight is 443 g/mol. The van der Waals surface area contributed by atoms with E-state index < -0.39 is 0 Å². The summed E-state index contributed by atoms with van der Waals surface area (Å²) < 4.78 is 0.871. The molecule has 0 bridgehead atoms. The van der Waals surface area contributed by atoms with Crippen LogP contribution in [0.1, 0.15) is 31.4 Å². The van der Waals surface area contributed by atoms with Crippen LogP contribution in [0.25, 0.3) is 32.7 Å². The first-order chi connectivity index (χ1) is 16.5. The van der Waals surface area contributed by atoms with Crippen molar-refractivity contribution in [2.45, 2.75) is 25.8 Å². The Hall–Kier alpha value is -4.42. The van der Waals surface area contributed by atoms with E-state index in [9.17, 15) is 21.0 Å². The molecule has 0 aliphatic carbocycles. The minimum absolute atomic E-state index is 0.0142. The highest BCUT2D eigenvalue weighted by Gasteiger charge is 2.34. The number of nitriles is 4. The Bertz CT molecular complexity index is 1600. The third kappa shape index (κ3) is 3.60. The zero-order valence-corrected chi connectivity index (χ0v) is 19.3. The van der Waals surface area contributed by atoms with E-state index >= 15 is 0 Å². The van der Waals surface area contributed by atoms with Crippen molar-refractivity contribution in [1.82, 2.24) is 0 Å². The molecule has 1 aliphatic rings. The maximum Gasteiger partial charge on any atom is 0.138 e. The molecule has 34 heavy (non-hydrogen) atoms. The summed E-state index contributed by atoms with van der Waals surface area (Å²) in [5.41, 5.74) is 1.12. The van der Waals surface area contributed by atoms with Crippen molar-refractivity contribution in [3.05, 3.63) is 70.6 Å². The third-order valence-electron chi connectivity index (χ3n) is 6.87. The summed E-state index contributed by atoms with van der Waals surface area (Å²) in [6, 6.07) is 21.8. The Labute approximate surface area is 199 Å². The molecule has 0 saturated heterocycles. The average Bonchev–Trinajstić information content (AvgIpc) is 3.26. The second-order valence-corrected chi connectivity index (χ2v) is 8.91. The van der Waals surface area contributed by atoms with E-state index in [-0.39, 0.29) is 17.2 Å². The molecule has 164 valence electrons. The molecule has 2 unspecified atom stereocenters. The summed E-state index contributed by atoms with van der Waals surface area (Å²) >= 11 is 0. The Morgan fingerprint density at radius 3 is 1.97 bits per heavy atom. The predicted octanol–water partition coefficient (Wildman–Crippen LogP) is 4.25. The molecule has 3 aromatic rings. The van der Waals surface area contributed by atoms with Gasteiger partial charge in [0.05, 0.1) is 20.1 Å². The number of benzene rings is 3. The number of rotatable bonds is 4. The van der Waals surface area contributed by atoms with E-state index in [1.807, 2.05) is 48.5 Å². The van der Waals surface area contributed by atoms with Crippen LogP contribution in [0.3, 0.4) is 0 Å². The number of hydrogen-bond donors (Lipinski definition) is 0. The number of nitrogens with zero attached hydrogens (tertiary/aromatic N) is 5. The van der Waals surface area contributed by atoms with Crippen molar-refractivity contribution >= 4 is 32.7 Å². The molecule has 2 atom stereocenters. The van der Waals surface area contributed by atoms with Gasteiger partial charge in [-0.25, -0.2) is 0 Å². The molecule has 0 aromatic heterocycles. The summed E-state index contributed by atoms with van der Waals surface area (Å²) in [5, 5.41) is 42.9. The monoisotopic (exact) mass is 442 g/mol. The zero-order valence-electron chi connectivity index (χ0n) is 19.3. The number of fused-ring (bicyclic) bond motifs is 2. The maximum absolute atomic E-state index is 9.80. The minimum Gasteiger partial charge on any atom is -0.313 e. The summed E-state index contributed by atoms with van der Waals surface area (Å²) in [7, 11) is 2.26. The lowest BCUT2D eigenvalue weighted by Crippen LogP contribution is -2.44. The second-order valence-electron chi connectivity index (χ2n) is 8.91. The van der Waals surface area contributed by atoms with Crippen LogP contribution in [0.5, 0.6) is 0 Å². The van der Waals surface area contributed by atoms with Crippen LogP contribution >= 0.6 is 0 Å². The molecule has 5 heteroatoms. The molecule has 3 aromatic carbocycles. The topological polar surface area (TPSA) is 95.2 Å². The van der Waals surface area contributed by atoms with Crippen molar-refractivity contribution in [2.75, 3.05) is 20.1 Å². The largest absolute Gasteiger partial charge is 0.313 e. The smallest absolute Gasteiger partial charge is 0.138 e. The van der Waals surface area contributed by atoms with Crippen LogP contribution < -0.4 is 10.4 Å². The lowest BCUT2D eigenvalue weighted by Gasteiger charge is -2.36. The van der Waals surface area contributed by atoms with Gasteiger partial charge in [-0.3, -0.25) is 0 Å². The Morgan fingerprint density at radius 2 is 1.41 bits per heavy atom. The van der Waals surface area contributed by atoms with Crippen LogP contribution in [0.4, 0.5) is 0 Å². The first kappa shape index (κ1) is 22.8. The molecular formula is C29H24N5+. The molecular weight excluding hydrogens is 418 g/mol. The van der Waals surface area contributed by atoms with Gasteiger partial charge in [0.25, 0.3) is 0 Å².